The van der Waals surface area contributed by atoms with Gasteiger partial charge in [0.05, 0.1) is 12.5 Å². The minimum absolute atomic E-state index is 0.00699. The van der Waals surface area contributed by atoms with Crippen molar-refractivity contribution in [3.63, 3.8) is 0 Å². The van der Waals surface area contributed by atoms with Gasteiger partial charge in [-0.1, -0.05) is 0 Å². The molecule has 0 spiro atoms. The summed E-state index contributed by atoms with van der Waals surface area (Å²) in [5, 5.41) is 2.84. The molecule has 20 heavy (non-hydrogen) atoms. The lowest BCUT2D eigenvalue weighted by molar-refractivity contribution is -0.138. The van der Waals surface area contributed by atoms with Crippen molar-refractivity contribution in [3.8, 4) is 0 Å². The number of hydrogen-bond donors (Lipinski definition) is 2. The fourth-order valence-corrected chi connectivity index (χ4v) is 2.48. The molecular formula is C14H27N3O3. The standard InChI is InChI=1S/C14H27N3O3/c1-10(15)8-13(18)17-9-12(5-4-11(17)2)14(19)16-6-7-20-3/h10-12H,4-9,15H2,1-3H3,(H,16,19). The van der Waals surface area contributed by atoms with E-state index in [0.717, 1.165) is 12.8 Å². The quantitative estimate of drug-likeness (QED) is 0.679. The number of likely N-dealkylation sites (tertiary alicyclic amines) is 1. The number of hydrogen-bond acceptors (Lipinski definition) is 4. The summed E-state index contributed by atoms with van der Waals surface area (Å²) in [5.41, 5.74) is 5.68. The van der Waals surface area contributed by atoms with Gasteiger partial charge < -0.3 is 20.7 Å². The minimum atomic E-state index is -0.148. The fraction of sp³-hybridized carbons (Fsp3) is 0.857. The molecule has 116 valence electrons. The molecule has 1 heterocycles. The van der Waals surface area contributed by atoms with E-state index in [-0.39, 0.29) is 29.8 Å². The molecule has 1 rings (SSSR count). The summed E-state index contributed by atoms with van der Waals surface area (Å²) in [5.74, 6) is -0.0745. The number of nitrogens with two attached hydrogens (primary N) is 1. The number of piperidine rings is 1. The Morgan fingerprint density at radius 3 is 2.75 bits per heavy atom. The van der Waals surface area contributed by atoms with Gasteiger partial charge in [-0.3, -0.25) is 9.59 Å². The van der Waals surface area contributed by atoms with Crippen LogP contribution in [0.15, 0.2) is 0 Å². The fourth-order valence-electron chi connectivity index (χ4n) is 2.48. The molecule has 0 bridgehead atoms. The highest BCUT2D eigenvalue weighted by atomic mass is 16.5. The Hall–Kier alpha value is -1.14. The number of ether oxygens (including phenoxy) is 1. The maximum atomic E-state index is 12.1. The van der Waals surface area contributed by atoms with Crippen LogP contribution in [0.25, 0.3) is 0 Å². The van der Waals surface area contributed by atoms with E-state index in [1.54, 1.807) is 12.0 Å². The van der Waals surface area contributed by atoms with Gasteiger partial charge in [0.15, 0.2) is 0 Å². The van der Waals surface area contributed by atoms with Crippen molar-refractivity contribution in [1.29, 1.82) is 0 Å². The van der Waals surface area contributed by atoms with E-state index in [0.29, 0.717) is 26.1 Å². The van der Waals surface area contributed by atoms with E-state index in [9.17, 15) is 9.59 Å². The molecule has 0 aromatic carbocycles. The third kappa shape index (κ3) is 5.09. The molecule has 1 aliphatic heterocycles. The van der Waals surface area contributed by atoms with Crippen LogP contribution >= 0.6 is 0 Å². The summed E-state index contributed by atoms with van der Waals surface area (Å²) < 4.78 is 4.91. The molecule has 3 N–H and O–H groups in total. The minimum Gasteiger partial charge on any atom is -0.383 e. The molecule has 1 aliphatic rings. The van der Waals surface area contributed by atoms with Crippen molar-refractivity contribution < 1.29 is 14.3 Å². The van der Waals surface area contributed by atoms with Crippen molar-refractivity contribution in [3.05, 3.63) is 0 Å². The molecule has 6 nitrogen and oxygen atoms in total. The molecule has 3 unspecified atom stereocenters. The normalized spacial score (nSPS) is 24.3. The topological polar surface area (TPSA) is 84.7 Å². The van der Waals surface area contributed by atoms with Crippen molar-refractivity contribution in [2.45, 2.75) is 45.2 Å². The third-order valence-electron chi connectivity index (χ3n) is 3.68. The highest BCUT2D eigenvalue weighted by Gasteiger charge is 2.32. The maximum absolute atomic E-state index is 12.1. The first-order valence-electron chi connectivity index (χ1n) is 7.27. The van der Waals surface area contributed by atoms with Crippen LogP contribution in [-0.2, 0) is 14.3 Å². The predicted molar refractivity (Wildman–Crippen MR) is 77.1 cm³/mol. The van der Waals surface area contributed by atoms with E-state index in [1.807, 2.05) is 13.8 Å². The van der Waals surface area contributed by atoms with Gasteiger partial charge in [-0.15, -0.1) is 0 Å². The van der Waals surface area contributed by atoms with Gasteiger partial charge in [-0.2, -0.15) is 0 Å². The molecule has 1 saturated heterocycles. The van der Waals surface area contributed by atoms with Gasteiger partial charge in [0, 0.05) is 38.7 Å². The average Bonchev–Trinajstić information content (AvgIpc) is 2.38. The second-order valence-corrected chi connectivity index (χ2v) is 5.63. The Balaban J connectivity index is 2.52. The third-order valence-corrected chi connectivity index (χ3v) is 3.68. The Morgan fingerprint density at radius 2 is 2.15 bits per heavy atom. The second-order valence-electron chi connectivity index (χ2n) is 5.63. The molecule has 6 heteroatoms. The lowest BCUT2D eigenvalue weighted by Crippen LogP contribution is -2.50. The van der Waals surface area contributed by atoms with Crippen LogP contribution in [0.2, 0.25) is 0 Å². The number of rotatable bonds is 6. The van der Waals surface area contributed by atoms with E-state index in [4.69, 9.17) is 10.5 Å². The molecule has 0 saturated carbocycles. The van der Waals surface area contributed by atoms with Gasteiger partial charge in [-0.25, -0.2) is 0 Å². The van der Waals surface area contributed by atoms with Gasteiger partial charge in [0.2, 0.25) is 11.8 Å². The van der Waals surface area contributed by atoms with Crippen molar-refractivity contribution in [2.75, 3.05) is 26.8 Å². The molecule has 0 aliphatic carbocycles. The largest absolute Gasteiger partial charge is 0.383 e. The summed E-state index contributed by atoms with van der Waals surface area (Å²) in [6, 6.07) is 0.0369. The first-order valence-corrected chi connectivity index (χ1v) is 7.27. The molecule has 0 aromatic rings. The summed E-state index contributed by atoms with van der Waals surface area (Å²) in [4.78, 5) is 26.0. The van der Waals surface area contributed by atoms with Crippen LogP contribution in [0.1, 0.15) is 33.1 Å². The van der Waals surface area contributed by atoms with Gasteiger partial charge in [0.1, 0.15) is 0 Å². The zero-order chi connectivity index (χ0) is 15.1. The number of methoxy groups -OCH3 is 1. The van der Waals surface area contributed by atoms with Gasteiger partial charge in [-0.05, 0) is 26.7 Å². The molecular weight excluding hydrogens is 258 g/mol. The smallest absolute Gasteiger partial charge is 0.224 e. The van der Waals surface area contributed by atoms with Crippen molar-refractivity contribution in [1.82, 2.24) is 10.2 Å². The van der Waals surface area contributed by atoms with Crippen LogP contribution in [0.4, 0.5) is 0 Å². The Labute approximate surface area is 121 Å². The van der Waals surface area contributed by atoms with Crippen LogP contribution in [-0.4, -0.2) is 55.6 Å². The Bertz CT molecular complexity index is 334. The number of carbonyl (C=O) groups excluding carboxylic acids is 2. The predicted octanol–water partition coefficient (Wildman–Crippen LogP) is 0.113. The van der Waals surface area contributed by atoms with E-state index < -0.39 is 0 Å². The first kappa shape index (κ1) is 16.9. The first-order chi connectivity index (χ1) is 9.45. The second kappa shape index (κ2) is 8.21. The molecule has 0 radical (unpaired) electrons. The molecule has 1 fully saturated rings. The highest BCUT2D eigenvalue weighted by Crippen LogP contribution is 2.23. The lowest BCUT2D eigenvalue weighted by atomic mass is 9.92. The molecule has 2 amide bonds. The monoisotopic (exact) mass is 285 g/mol. The van der Waals surface area contributed by atoms with E-state index in [2.05, 4.69) is 5.32 Å². The molecule has 0 aromatic heterocycles. The van der Waals surface area contributed by atoms with E-state index in [1.165, 1.54) is 0 Å². The Morgan fingerprint density at radius 1 is 1.45 bits per heavy atom. The van der Waals surface area contributed by atoms with Crippen LogP contribution < -0.4 is 11.1 Å². The molecule has 3 atom stereocenters. The highest BCUT2D eigenvalue weighted by molar-refractivity contribution is 5.81. The van der Waals surface area contributed by atoms with E-state index >= 15 is 0 Å². The zero-order valence-corrected chi connectivity index (χ0v) is 12.7. The van der Waals surface area contributed by atoms with Crippen molar-refractivity contribution in [2.24, 2.45) is 11.7 Å². The van der Waals surface area contributed by atoms with Crippen molar-refractivity contribution >= 4 is 11.8 Å². The summed E-state index contributed by atoms with van der Waals surface area (Å²) in [6.45, 7) is 5.35. The number of nitrogens with zero attached hydrogens (tertiary/aromatic N) is 1. The lowest BCUT2D eigenvalue weighted by Gasteiger charge is -2.37. The van der Waals surface area contributed by atoms with Crippen LogP contribution in [0, 0.1) is 5.92 Å². The zero-order valence-electron chi connectivity index (χ0n) is 12.7. The number of nitrogens with one attached hydrogen (secondary N) is 1. The van der Waals surface area contributed by atoms with Crippen LogP contribution in [0.5, 0.6) is 0 Å². The summed E-state index contributed by atoms with van der Waals surface area (Å²) in [6.07, 6.45) is 2.01. The number of carbonyl (C=O) groups is 2. The van der Waals surface area contributed by atoms with Crippen LogP contribution in [0.3, 0.4) is 0 Å². The summed E-state index contributed by atoms with van der Waals surface area (Å²) in [7, 11) is 1.60. The Kier molecular flexibility index (Phi) is 6.95. The summed E-state index contributed by atoms with van der Waals surface area (Å²) >= 11 is 0. The van der Waals surface area contributed by atoms with Gasteiger partial charge in [0.25, 0.3) is 0 Å². The number of amides is 2. The average molecular weight is 285 g/mol. The van der Waals surface area contributed by atoms with Gasteiger partial charge >= 0.3 is 0 Å². The SMILES string of the molecule is COCCNC(=O)C1CCC(C)N(C(=O)CC(C)N)C1. The maximum Gasteiger partial charge on any atom is 0.224 e.